The van der Waals surface area contributed by atoms with Crippen LogP contribution in [0.4, 0.5) is 0 Å². The molecule has 2 unspecified atom stereocenters. The zero-order valence-electron chi connectivity index (χ0n) is 11.7. The van der Waals surface area contributed by atoms with Crippen LogP contribution >= 0.6 is 0 Å². The SMILES string of the molecule is O=C(O)C1(NC2CCCCCC2)CCN2CCCC21. The first-order valence-electron chi connectivity index (χ1n) is 7.97. The molecule has 2 aliphatic heterocycles. The number of fused-ring (bicyclic) bond motifs is 1. The van der Waals surface area contributed by atoms with Gasteiger partial charge in [-0.2, -0.15) is 0 Å². The van der Waals surface area contributed by atoms with Crippen LogP contribution in [-0.4, -0.2) is 46.7 Å². The normalized spacial score (nSPS) is 37.2. The van der Waals surface area contributed by atoms with E-state index in [9.17, 15) is 9.90 Å². The van der Waals surface area contributed by atoms with Gasteiger partial charge in [0.15, 0.2) is 0 Å². The fourth-order valence-electron chi connectivity index (χ4n) is 4.41. The summed E-state index contributed by atoms with van der Waals surface area (Å²) >= 11 is 0. The average molecular weight is 266 g/mol. The van der Waals surface area contributed by atoms with E-state index >= 15 is 0 Å². The Balaban J connectivity index is 1.75. The minimum atomic E-state index is -0.661. The lowest BCUT2D eigenvalue weighted by molar-refractivity contribution is -0.146. The highest BCUT2D eigenvalue weighted by molar-refractivity contribution is 5.80. The molecule has 1 aliphatic carbocycles. The van der Waals surface area contributed by atoms with Crippen LogP contribution < -0.4 is 5.32 Å². The summed E-state index contributed by atoms with van der Waals surface area (Å²) in [6.07, 6.45) is 10.4. The van der Waals surface area contributed by atoms with E-state index in [1.165, 1.54) is 25.7 Å². The molecule has 3 aliphatic rings. The zero-order valence-corrected chi connectivity index (χ0v) is 11.7. The minimum Gasteiger partial charge on any atom is -0.480 e. The maximum Gasteiger partial charge on any atom is 0.325 e. The lowest BCUT2D eigenvalue weighted by atomic mass is 9.87. The molecule has 4 nitrogen and oxygen atoms in total. The Kier molecular flexibility index (Phi) is 3.81. The van der Waals surface area contributed by atoms with Gasteiger partial charge in [0.25, 0.3) is 0 Å². The van der Waals surface area contributed by atoms with Gasteiger partial charge in [-0.05, 0) is 38.6 Å². The Bertz CT molecular complexity index is 339. The van der Waals surface area contributed by atoms with E-state index in [0.717, 1.165) is 45.2 Å². The van der Waals surface area contributed by atoms with Crippen LogP contribution in [0.15, 0.2) is 0 Å². The lowest BCUT2D eigenvalue weighted by Crippen LogP contribution is -2.61. The first kappa shape index (κ1) is 13.4. The summed E-state index contributed by atoms with van der Waals surface area (Å²) < 4.78 is 0. The number of carboxylic acids is 1. The van der Waals surface area contributed by atoms with Crippen molar-refractivity contribution in [2.45, 2.75) is 75.4 Å². The predicted molar refractivity (Wildman–Crippen MR) is 74.2 cm³/mol. The van der Waals surface area contributed by atoms with Gasteiger partial charge < -0.3 is 5.11 Å². The third-order valence-corrected chi connectivity index (χ3v) is 5.42. The van der Waals surface area contributed by atoms with Crippen molar-refractivity contribution in [3.63, 3.8) is 0 Å². The molecule has 0 spiro atoms. The van der Waals surface area contributed by atoms with Gasteiger partial charge in [-0.1, -0.05) is 25.7 Å². The molecule has 1 saturated carbocycles. The van der Waals surface area contributed by atoms with E-state index in [-0.39, 0.29) is 6.04 Å². The van der Waals surface area contributed by atoms with E-state index in [1.807, 2.05) is 0 Å². The number of carbonyl (C=O) groups is 1. The highest BCUT2D eigenvalue weighted by Crippen LogP contribution is 2.37. The van der Waals surface area contributed by atoms with Crippen LogP contribution in [-0.2, 0) is 4.79 Å². The molecule has 3 fully saturated rings. The van der Waals surface area contributed by atoms with E-state index in [2.05, 4.69) is 10.2 Å². The number of hydrogen-bond acceptors (Lipinski definition) is 3. The second kappa shape index (κ2) is 5.41. The molecular formula is C15H26N2O2. The molecule has 0 aromatic rings. The molecule has 2 heterocycles. The third kappa shape index (κ3) is 2.40. The highest BCUT2D eigenvalue weighted by Gasteiger charge is 2.54. The standard InChI is InChI=1S/C15H26N2O2/c18-14(19)15(9-11-17-10-5-8-13(15)17)16-12-6-3-1-2-4-7-12/h12-13,16H,1-11H2,(H,18,19). The summed E-state index contributed by atoms with van der Waals surface area (Å²) in [6.45, 7) is 2.04. The molecular weight excluding hydrogens is 240 g/mol. The Morgan fingerprint density at radius 1 is 1.05 bits per heavy atom. The number of carboxylic acid groups (broad SMARTS) is 1. The number of rotatable bonds is 3. The summed E-state index contributed by atoms with van der Waals surface area (Å²) in [5, 5.41) is 13.4. The molecule has 2 N–H and O–H groups in total. The molecule has 0 amide bonds. The van der Waals surface area contributed by atoms with Gasteiger partial charge in [0.1, 0.15) is 5.54 Å². The highest BCUT2D eigenvalue weighted by atomic mass is 16.4. The van der Waals surface area contributed by atoms with Crippen LogP contribution in [0.3, 0.4) is 0 Å². The Morgan fingerprint density at radius 2 is 1.79 bits per heavy atom. The van der Waals surface area contributed by atoms with Crippen molar-refractivity contribution in [2.75, 3.05) is 13.1 Å². The molecule has 0 aromatic carbocycles. The summed E-state index contributed by atoms with van der Waals surface area (Å²) in [6, 6.07) is 0.646. The van der Waals surface area contributed by atoms with E-state index in [4.69, 9.17) is 0 Å². The van der Waals surface area contributed by atoms with Crippen LogP contribution in [0, 0.1) is 0 Å². The molecule has 0 aromatic heterocycles. The molecule has 2 atom stereocenters. The topological polar surface area (TPSA) is 52.6 Å². The fraction of sp³-hybridized carbons (Fsp3) is 0.933. The van der Waals surface area contributed by atoms with Crippen molar-refractivity contribution in [2.24, 2.45) is 0 Å². The largest absolute Gasteiger partial charge is 0.480 e. The monoisotopic (exact) mass is 266 g/mol. The third-order valence-electron chi connectivity index (χ3n) is 5.42. The fourth-order valence-corrected chi connectivity index (χ4v) is 4.41. The smallest absolute Gasteiger partial charge is 0.325 e. The molecule has 0 radical (unpaired) electrons. The van der Waals surface area contributed by atoms with Gasteiger partial charge in [0.2, 0.25) is 0 Å². The van der Waals surface area contributed by atoms with Gasteiger partial charge in [-0.3, -0.25) is 15.0 Å². The quantitative estimate of drug-likeness (QED) is 0.767. The lowest BCUT2D eigenvalue weighted by Gasteiger charge is -2.35. The number of nitrogens with zero attached hydrogens (tertiary/aromatic N) is 1. The molecule has 2 saturated heterocycles. The second-order valence-corrected chi connectivity index (χ2v) is 6.55. The van der Waals surface area contributed by atoms with Crippen LogP contribution in [0.2, 0.25) is 0 Å². The van der Waals surface area contributed by atoms with Crippen molar-refractivity contribution in [3.05, 3.63) is 0 Å². The van der Waals surface area contributed by atoms with Gasteiger partial charge >= 0.3 is 5.97 Å². The summed E-state index contributed by atoms with van der Waals surface area (Å²) in [5.74, 6) is -0.619. The van der Waals surface area contributed by atoms with Gasteiger partial charge in [-0.25, -0.2) is 0 Å². The van der Waals surface area contributed by atoms with Crippen molar-refractivity contribution < 1.29 is 9.90 Å². The van der Waals surface area contributed by atoms with Crippen molar-refractivity contribution in [1.29, 1.82) is 0 Å². The Labute approximate surface area is 115 Å². The molecule has 108 valence electrons. The maximum atomic E-state index is 11.9. The number of hydrogen-bond donors (Lipinski definition) is 2. The van der Waals surface area contributed by atoms with Crippen molar-refractivity contribution in [1.82, 2.24) is 10.2 Å². The zero-order chi connectivity index (χ0) is 13.3. The van der Waals surface area contributed by atoms with E-state index < -0.39 is 11.5 Å². The average Bonchev–Trinajstić information content (AvgIpc) is 2.88. The maximum absolute atomic E-state index is 11.9. The van der Waals surface area contributed by atoms with E-state index in [0.29, 0.717) is 6.04 Å². The van der Waals surface area contributed by atoms with E-state index in [1.54, 1.807) is 0 Å². The molecule has 0 bridgehead atoms. The molecule has 19 heavy (non-hydrogen) atoms. The Morgan fingerprint density at radius 3 is 2.47 bits per heavy atom. The Hall–Kier alpha value is -0.610. The van der Waals surface area contributed by atoms with Crippen LogP contribution in [0.5, 0.6) is 0 Å². The summed E-state index contributed by atoms with van der Waals surface area (Å²) in [5.41, 5.74) is -0.661. The van der Waals surface area contributed by atoms with Gasteiger partial charge in [0, 0.05) is 18.6 Å². The van der Waals surface area contributed by atoms with Crippen LogP contribution in [0.25, 0.3) is 0 Å². The molecule has 4 heteroatoms. The second-order valence-electron chi connectivity index (χ2n) is 6.55. The van der Waals surface area contributed by atoms with Crippen LogP contribution in [0.1, 0.15) is 57.8 Å². The number of nitrogens with one attached hydrogen (secondary N) is 1. The molecule has 3 rings (SSSR count). The van der Waals surface area contributed by atoms with Gasteiger partial charge in [0.05, 0.1) is 0 Å². The van der Waals surface area contributed by atoms with Gasteiger partial charge in [-0.15, -0.1) is 0 Å². The minimum absolute atomic E-state index is 0.230. The summed E-state index contributed by atoms with van der Waals surface area (Å²) in [4.78, 5) is 14.3. The van der Waals surface area contributed by atoms with Crippen molar-refractivity contribution >= 4 is 5.97 Å². The first-order valence-corrected chi connectivity index (χ1v) is 7.97. The first-order chi connectivity index (χ1) is 9.22. The number of aliphatic carboxylic acids is 1. The predicted octanol–water partition coefficient (Wildman–Crippen LogP) is 1.99. The summed E-state index contributed by atoms with van der Waals surface area (Å²) in [7, 11) is 0. The van der Waals surface area contributed by atoms with Crippen molar-refractivity contribution in [3.8, 4) is 0 Å².